The first kappa shape index (κ1) is 10.7. The first-order valence-electron chi connectivity index (χ1n) is 4.74. The van der Waals surface area contributed by atoms with Gasteiger partial charge in [-0.15, -0.1) is 0 Å². The van der Waals surface area contributed by atoms with Crippen molar-refractivity contribution in [3.63, 3.8) is 0 Å². The number of rotatable bonds is 3. The highest BCUT2D eigenvalue weighted by Crippen LogP contribution is 2.26. The van der Waals surface area contributed by atoms with Crippen LogP contribution in [0.3, 0.4) is 0 Å². The van der Waals surface area contributed by atoms with Crippen LogP contribution in [-0.4, -0.2) is 16.5 Å². The van der Waals surface area contributed by atoms with Crippen molar-refractivity contribution in [3.05, 3.63) is 28.0 Å². The number of aromatic nitrogens is 2. The monoisotopic (exact) mass is 243 g/mol. The molecule has 0 radical (unpaired) electrons. The van der Waals surface area contributed by atoms with Crippen molar-refractivity contribution in [1.82, 2.24) is 9.97 Å². The molecule has 1 aromatic heterocycles. The largest absolute Gasteiger partial charge is 0.342 e. The molecule has 80 valence electrons. The maximum Gasteiger partial charge on any atom is 0.107 e. The molecular formula is C10H11Cl2N3. The van der Waals surface area contributed by atoms with Crippen LogP contribution in [0.4, 0.5) is 0 Å². The summed E-state index contributed by atoms with van der Waals surface area (Å²) in [4.78, 5) is 7.57. The summed E-state index contributed by atoms with van der Waals surface area (Å²) in [6, 6.07) is 3.51. The fourth-order valence-electron chi connectivity index (χ4n) is 1.48. The van der Waals surface area contributed by atoms with Gasteiger partial charge in [0.15, 0.2) is 0 Å². The average Bonchev–Trinajstić information content (AvgIpc) is 2.57. The molecule has 0 bridgehead atoms. The van der Waals surface area contributed by atoms with E-state index in [1.54, 1.807) is 6.07 Å². The van der Waals surface area contributed by atoms with Crippen molar-refractivity contribution in [2.24, 2.45) is 5.73 Å². The van der Waals surface area contributed by atoms with Crippen LogP contribution in [-0.2, 0) is 6.42 Å². The standard InChI is InChI=1S/C10H11Cl2N3/c11-6-4-7(12)10-8(5-6)14-9(15-10)2-1-3-13/h4-5H,1-3,13H2,(H,14,15). The fraction of sp³-hybridized carbons (Fsp3) is 0.300. The van der Waals surface area contributed by atoms with Crippen LogP contribution in [0.2, 0.25) is 10.0 Å². The summed E-state index contributed by atoms with van der Waals surface area (Å²) in [6.45, 7) is 0.658. The minimum atomic E-state index is 0.577. The lowest BCUT2D eigenvalue weighted by atomic mass is 10.3. The van der Waals surface area contributed by atoms with Gasteiger partial charge in [0.05, 0.1) is 10.5 Å². The smallest absolute Gasteiger partial charge is 0.107 e. The van der Waals surface area contributed by atoms with Crippen LogP contribution < -0.4 is 5.73 Å². The molecule has 0 fully saturated rings. The van der Waals surface area contributed by atoms with E-state index in [-0.39, 0.29) is 0 Å². The molecule has 2 rings (SSSR count). The summed E-state index contributed by atoms with van der Waals surface area (Å²) in [5, 5.41) is 1.19. The molecule has 0 amide bonds. The maximum absolute atomic E-state index is 6.02. The fourth-order valence-corrected chi connectivity index (χ4v) is 2.02. The molecule has 3 nitrogen and oxygen atoms in total. The second kappa shape index (κ2) is 4.39. The molecule has 0 aliphatic carbocycles. The van der Waals surface area contributed by atoms with Crippen LogP contribution in [0.5, 0.6) is 0 Å². The third kappa shape index (κ3) is 2.25. The van der Waals surface area contributed by atoms with Gasteiger partial charge in [0.25, 0.3) is 0 Å². The van der Waals surface area contributed by atoms with Gasteiger partial charge in [0.1, 0.15) is 11.3 Å². The normalized spacial score (nSPS) is 11.1. The molecule has 0 unspecified atom stereocenters. The first-order valence-corrected chi connectivity index (χ1v) is 5.50. The highest BCUT2D eigenvalue weighted by atomic mass is 35.5. The molecule has 1 heterocycles. The Labute approximate surface area is 97.6 Å². The van der Waals surface area contributed by atoms with Crippen LogP contribution in [0.1, 0.15) is 12.2 Å². The van der Waals surface area contributed by atoms with Crippen molar-refractivity contribution in [2.75, 3.05) is 6.54 Å². The maximum atomic E-state index is 6.02. The highest BCUT2D eigenvalue weighted by Gasteiger charge is 2.07. The topological polar surface area (TPSA) is 54.7 Å². The molecule has 1 aromatic carbocycles. The van der Waals surface area contributed by atoms with Crippen LogP contribution in [0.25, 0.3) is 11.0 Å². The molecule has 0 saturated heterocycles. The van der Waals surface area contributed by atoms with E-state index in [9.17, 15) is 0 Å². The number of H-pyrrole nitrogens is 1. The number of halogens is 2. The van der Waals surface area contributed by atoms with E-state index < -0.39 is 0 Å². The van der Waals surface area contributed by atoms with Gasteiger partial charge < -0.3 is 10.7 Å². The van der Waals surface area contributed by atoms with Gasteiger partial charge in [-0.2, -0.15) is 0 Å². The Morgan fingerprint density at radius 3 is 2.87 bits per heavy atom. The highest BCUT2D eigenvalue weighted by molar-refractivity contribution is 6.38. The van der Waals surface area contributed by atoms with Crippen LogP contribution in [0, 0.1) is 0 Å². The third-order valence-corrected chi connectivity index (χ3v) is 2.68. The van der Waals surface area contributed by atoms with E-state index in [1.807, 2.05) is 6.07 Å². The molecule has 0 saturated carbocycles. The van der Waals surface area contributed by atoms with Gasteiger partial charge in [0, 0.05) is 11.4 Å². The van der Waals surface area contributed by atoms with Crippen molar-refractivity contribution in [3.8, 4) is 0 Å². The molecule has 0 aliphatic heterocycles. The number of fused-ring (bicyclic) bond motifs is 1. The minimum absolute atomic E-state index is 0.577. The number of hydrogen-bond acceptors (Lipinski definition) is 2. The second-order valence-electron chi connectivity index (χ2n) is 3.36. The molecule has 3 N–H and O–H groups in total. The number of hydrogen-bond donors (Lipinski definition) is 2. The third-order valence-electron chi connectivity index (χ3n) is 2.17. The van der Waals surface area contributed by atoms with E-state index >= 15 is 0 Å². The van der Waals surface area contributed by atoms with Gasteiger partial charge in [-0.3, -0.25) is 0 Å². The predicted molar refractivity (Wildman–Crippen MR) is 63.5 cm³/mol. The number of benzene rings is 1. The Morgan fingerprint density at radius 1 is 1.33 bits per heavy atom. The summed E-state index contributed by atoms with van der Waals surface area (Å²) >= 11 is 11.9. The number of nitrogens with zero attached hydrogens (tertiary/aromatic N) is 1. The van der Waals surface area contributed by atoms with Crippen molar-refractivity contribution in [2.45, 2.75) is 12.8 Å². The summed E-state index contributed by atoms with van der Waals surface area (Å²) in [5.74, 6) is 0.902. The van der Waals surface area contributed by atoms with Crippen LogP contribution >= 0.6 is 23.2 Å². The van der Waals surface area contributed by atoms with E-state index in [2.05, 4.69) is 9.97 Å². The lowest BCUT2D eigenvalue weighted by Crippen LogP contribution is -2.01. The van der Waals surface area contributed by atoms with E-state index in [0.29, 0.717) is 16.6 Å². The van der Waals surface area contributed by atoms with E-state index in [0.717, 1.165) is 29.7 Å². The number of nitrogens with one attached hydrogen (secondary N) is 1. The lowest BCUT2D eigenvalue weighted by Gasteiger charge is -1.92. The summed E-state index contributed by atoms with van der Waals surface area (Å²) in [5.41, 5.74) is 7.08. The Hall–Kier alpha value is -0.770. The second-order valence-corrected chi connectivity index (χ2v) is 4.20. The summed E-state index contributed by atoms with van der Waals surface area (Å²) in [7, 11) is 0. The molecule has 5 heteroatoms. The van der Waals surface area contributed by atoms with Gasteiger partial charge in [-0.1, -0.05) is 23.2 Å². The van der Waals surface area contributed by atoms with Gasteiger partial charge in [0.2, 0.25) is 0 Å². The van der Waals surface area contributed by atoms with Crippen molar-refractivity contribution >= 4 is 34.2 Å². The minimum Gasteiger partial charge on any atom is -0.342 e. The zero-order valence-corrected chi connectivity index (χ0v) is 9.57. The molecule has 0 spiro atoms. The first-order chi connectivity index (χ1) is 7.20. The molecule has 0 aliphatic rings. The van der Waals surface area contributed by atoms with E-state index in [4.69, 9.17) is 28.9 Å². The zero-order chi connectivity index (χ0) is 10.8. The Bertz CT molecular complexity index is 479. The zero-order valence-electron chi connectivity index (χ0n) is 8.06. The van der Waals surface area contributed by atoms with Crippen molar-refractivity contribution in [1.29, 1.82) is 0 Å². The Morgan fingerprint density at radius 2 is 2.13 bits per heavy atom. The molecule has 15 heavy (non-hydrogen) atoms. The Kier molecular flexibility index (Phi) is 3.14. The number of aromatic amines is 1. The summed E-state index contributed by atoms with van der Waals surface area (Å²) < 4.78 is 0. The van der Waals surface area contributed by atoms with Gasteiger partial charge >= 0.3 is 0 Å². The average molecular weight is 244 g/mol. The quantitative estimate of drug-likeness (QED) is 0.872. The number of imidazole rings is 1. The summed E-state index contributed by atoms with van der Waals surface area (Å²) in [6.07, 6.45) is 1.74. The van der Waals surface area contributed by atoms with Gasteiger partial charge in [-0.05, 0) is 25.1 Å². The molecule has 2 aromatic rings. The van der Waals surface area contributed by atoms with Crippen LogP contribution in [0.15, 0.2) is 12.1 Å². The SMILES string of the molecule is NCCCc1nc2c(Cl)cc(Cl)cc2[nH]1. The number of nitrogens with two attached hydrogens (primary N) is 1. The van der Waals surface area contributed by atoms with Crippen molar-refractivity contribution < 1.29 is 0 Å². The van der Waals surface area contributed by atoms with E-state index in [1.165, 1.54) is 0 Å². The predicted octanol–water partition coefficient (Wildman–Crippen LogP) is 2.76. The molecular weight excluding hydrogens is 233 g/mol. The Balaban J connectivity index is 2.41. The number of aryl methyl sites for hydroxylation is 1. The van der Waals surface area contributed by atoms with Gasteiger partial charge in [-0.25, -0.2) is 4.98 Å². The molecule has 0 atom stereocenters. The lowest BCUT2D eigenvalue weighted by molar-refractivity contribution is 0.796.